The molecule has 1 saturated heterocycles. The Kier molecular flexibility index (Phi) is 5.87. The number of aliphatic hydroxyl groups is 1. The standard InChI is InChI=1S/C16H24BrNO2/c1-12(19)15-7-6-13(17)11-16(15)20-10-8-14-5-3-4-9-18(14)2/h6-7,11-12,14,19H,3-5,8-10H2,1-2H3/t12-,14?/m1/s1. The predicted molar refractivity (Wildman–Crippen MR) is 85.2 cm³/mol. The number of nitrogens with zero attached hydrogens (tertiary/aromatic N) is 1. The lowest BCUT2D eigenvalue weighted by atomic mass is 10.0. The molecule has 1 unspecified atom stereocenters. The van der Waals surface area contributed by atoms with Gasteiger partial charge in [-0.25, -0.2) is 0 Å². The summed E-state index contributed by atoms with van der Waals surface area (Å²) in [5, 5.41) is 9.78. The number of benzene rings is 1. The number of hydrogen-bond donors (Lipinski definition) is 1. The van der Waals surface area contributed by atoms with Gasteiger partial charge < -0.3 is 14.7 Å². The van der Waals surface area contributed by atoms with E-state index in [4.69, 9.17) is 4.74 Å². The summed E-state index contributed by atoms with van der Waals surface area (Å²) < 4.78 is 6.89. The molecule has 1 fully saturated rings. The van der Waals surface area contributed by atoms with E-state index in [2.05, 4.69) is 27.9 Å². The monoisotopic (exact) mass is 341 g/mol. The van der Waals surface area contributed by atoms with Gasteiger partial charge in [0.25, 0.3) is 0 Å². The van der Waals surface area contributed by atoms with Crippen molar-refractivity contribution in [1.29, 1.82) is 0 Å². The van der Waals surface area contributed by atoms with E-state index in [0.717, 1.165) is 22.2 Å². The second-order valence-electron chi connectivity index (χ2n) is 5.63. The van der Waals surface area contributed by atoms with Gasteiger partial charge >= 0.3 is 0 Å². The minimum absolute atomic E-state index is 0.504. The van der Waals surface area contributed by atoms with E-state index in [1.165, 1.54) is 25.8 Å². The highest BCUT2D eigenvalue weighted by Gasteiger charge is 2.19. The van der Waals surface area contributed by atoms with Crippen molar-refractivity contribution >= 4 is 15.9 Å². The smallest absolute Gasteiger partial charge is 0.126 e. The maximum Gasteiger partial charge on any atom is 0.126 e. The van der Waals surface area contributed by atoms with E-state index in [9.17, 15) is 5.11 Å². The van der Waals surface area contributed by atoms with Crippen molar-refractivity contribution in [3.63, 3.8) is 0 Å². The molecule has 1 aromatic carbocycles. The summed E-state index contributed by atoms with van der Waals surface area (Å²) in [6.07, 6.45) is 4.44. The Labute approximate surface area is 130 Å². The maximum atomic E-state index is 9.78. The van der Waals surface area contributed by atoms with Crippen LogP contribution in [0.25, 0.3) is 0 Å². The van der Waals surface area contributed by atoms with Gasteiger partial charge in [0.1, 0.15) is 5.75 Å². The third kappa shape index (κ3) is 4.21. The molecule has 0 radical (unpaired) electrons. The van der Waals surface area contributed by atoms with Crippen molar-refractivity contribution in [1.82, 2.24) is 4.90 Å². The van der Waals surface area contributed by atoms with Gasteiger partial charge in [-0.3, -0.25) is 0 Å². The molecule has 0 aromatic heterocycles. The highest BCUT2D eigenvalue weighted by molar-refractivity contribution is 9.10. The lowest BCUT2D eigenvalue weighted by molar-refractivity contribution is 0.149. The van der Waals surface area contributed by atoms with Crippen LogP contribution in [0.1, 0.15) is 44.3 Å². The Balaban J connectivity index is 1.91. The van der Waals surface area contributed by atoms with E-state index in [-0.39, 0.29) is 0 Å². The molecule has 3 nitrogen and oxygen atoms in total. The van der Waals surface area contributed by atoms with E-state index in [1.807, 2.05) is 18.2 Å². The Hall–Kier alpha value is -0.580. The molecule has 0 bridgehead atoms. The summed E-state index contributed by atoms with van der Waals surface area (Å²) in [6, 6.07) is 6.42. The molecular formula is C16H24BrNO2. The zero-order valence-electron chi connectivity index (χ0n) is 12.3. The molecular weight excluding hydrogens is 318 g/mol. The van der Waals surface area contributed by atoms with Gasteiger partial charge in [0.05, 0.1) is 12.7 Å². The first-order valence-corrected chi connectivity index (χ1v) is 8.18. The summed E-state index contributed by atoms with van der Waals surface area (Å²) >= 11 is 3.45. The molecule has 0 aliphatic carbocycles. The summed E-state index contributed by atoms with van der Waals surface area (Å²) in [5.74, 6) is 0.785. The minimum atomic E-state index is -0.504. The SMILES string of the molecule is C[C@@H](O)c1ccc(Br)cc1OCCC1CCCCN1C. The highest BCUT2D eigenvalue weighted by Crippen LogP contribution is 2.29. The Morgan fingerprint density at radius 1 is 1.45 bits per heavy atom. The number of halogens is 1. The second kappa shape index (κ2) is 7.43. The molecule has 1 aliphatic heterocycles. The lowest BCUT2D eigenvalue weighted by Gasteiger charge is -2.32. The molecule has 1 aromatic rings. The zero-order valence-corrected chi connectivity index (χ0v) is 13.9. The van der Waals surface area contributed by atoms with E-state index in [1.54, 1.807) is 6.92 Å². The molecule has 1 aliphatic rings. The molecule has 1 heterocycles. The molecule has 0 amide bonds. The molecule has 0 spiro atoms. The summed E-state index contributed by atoms with van der Waals surface area (Å²) in [5.41, 5.74) is 0.852. The maximum absolute atomic E-state index is 9.78. The fraction of sp³-hybridized carbons (Fsp3) is 0.625. The van der Waals surface area contributed by atoms with E-state index < -0.39 is 6.10 Å². The van der Waals surface area contributed by atoms with Crippen molar-refractivity contribution in [2.24, 2.45) is 0 Å². The predicted octanol–water partition coefficient (Wildman–Crippen LogP) is 3.76. The number of aliphatic hydroxyl groups excluding tert-OH is 1. The number of rotatable bonds is 5. The van der Waals surface area contributed by atoms with Crippen LogP contribution in [0.2, 0.25) is 0 Å². The van der Waals surface area contributed by atoms with Crippen LogP contribution in [-0.2, 0) is 0 Å². The zero-order chi connectivity index (χ0) is 14.5. The molecule has 20 heavy (non-hydrogen) atoms. The average Bonchev–Trinajstić information content (AvgIpc) is 2.41. The Morgan fingerprint density at radius 2 is 2.25 bits per heavy atom. The van der Waals surface area contributed by atoms with Gasteiger partial charge in [0.15, 0.2) is 0 Å². The summed E-state index contributed by atoms with van der Waals surface area (Å²) in [4.78, 5) is 2.43. The normalized spacial score (nSPS) is 21.7. The van der Waals surface area contributed by atoms with E-state index in [0.29, 0.717) is 12.6 Å². The van der Waals surface area contributed by atoms with Crippen LogP contribution in [0.5, 0.6) is 5.75 Å². The molecule has 2 atom stereocenters. The van der Waals surface area contributed by atoms with Crippen molar-refractivity contribution in [3.8, 4) is 5.75 Å². The van der Waals surface area contributed by atoms with Crippen LogP contribution < -0.4 is 4.74 Å². The number of ether oxygens (including phenoxy) is 1. The summed E-state index contributed by atoms with van der Waals surface area (Å²) in [6.45, 7) is 3.66. The average molecular weight is 342 g/mol. The minimum Gasteiger partial charge on any atom is -0.493 e. The highest BCUT2D eigenvalue weighted by atomic mass is 79.9. The van der Waals surface area contributed by atoms with Crippen molar-refractivity contribution in [3.05, 3.63) is 28.2 Å². The van der Waals surface area contributed by atoms with Crippen LogP contribution in [0.15, 0.2) is 22.7 Å². The molecule has 2 rings (SSSR count). The van der Waals surface area contributed by atoms with Gasteiger partial charge in [-0.15, -0.1) is 0 Å². The Morgan fingerprint density at radius 3 is 2.95 bits per heavy atom. The number of hydrogen-bond acceptors (Lipinski definition) is 3. The van der Waals surface area contributed by atoms with Crippen LogP contribution >= 0.6 is 15.9 Å². The quantitative estimate of drug-likeness (QED) is 0.885. The van der Waals surface area contributed by atoms with Crippen molar-refractivity contribution in [2.45, 2.75) is 44.8 Å². The van der Waals surface area contributed by atoms with Gasteiger partial charge in [0, 0.05) is 16.1 Å². The third-order valence-corrected chi connectivity index (χ3v) is 4.55. The summed E-state index contributed by atoms with van der Waals surface area (Å²) in [7, 11) is 2.20. The largest absolute Gasteiger partial charge is 0.493 e. The van der Waals surface area contributed by atoms with Gasteiger partial charge in [0.2, 0.25) is 0 Å². The lowest BCUT2D eigenvalue weighted by Crippen LogP contribution is -2.37. The fourth-order valence-electron chi connectivity index (χ4n) is 2.79. The van der Waals surface area contributed by atoms with Gasteiger partial charge in [-0.05, 0) is 51.9 Å². The number of piperidine rings is 1. The fourth-order valence-corrected chi connectivity index (χ4v) is 3.13. The van der Waals surface area contributed by atoms with Crippen LogP contribution in [0, 0.1) is 0 Å². The topological polar surface area (TPSA) is 32.7 Å². The Bertz CT molecular complexity index is 436. The van der Waals surface area contributed by atoms with Crippen LogP contribution in [-0.4, -0.2) is 36.2 Å². The third-order valence-electron chi connectivity index (χ3n) is 4.06. The second-order valence-corrected chi connectivity index (χ2v) is 6.54. The van der Waals surface area contributed by atoms with Crippen molar-refractivity contribution in [2.75, 3.05) is 20.2 Å². The number of likely N-dealkylation sites (tertiary alicyclic amines) is 1. The first-order valence-electron chi connectivity index (χ1n) is 7.38. The molecule has 0 saturated carbocycles. The van der Waals surface area contributed by atoms with Gasteiger partial charge in [-0.2, -0.15) is 0 Å². The van der Waals surface area contributed by atoms with Crippen molar-refractivity contribution < 1.29 is 9.84 Å². The molecule has 112 valence electrons. The first kappa shape index (κ1) is 15.8. The molecule has 4 heteroatoms. The van der Waals surface area contributed by atoms with Crippen LogP contribution in [0.4, 0.5) is 0 Å². The van der Waals surface area contributed by atoms with Gasteiger partial charge in [-0.1, -0.05) is 28.4 Å². The van der Waals surface area contributed by atoms with Crippen LogP contribution in [0.3, 0.4) is 0 Å². The first-order chi connectivity index (χ1) is 9.58. The van der Waals surface area contributed by atoms with E-state index >= 15 is 0 Å². The molecule has 1 N–H and O–H groups in total.